The quantitative estimate of drug-likeness (QED) is 0.643. The van der Waals surface area contributed by atoms with Gasteiger partial charge in [-0.3, -0.25) is 0 Å². The van der Waals surface area contributed by atoms with Crippen molar-refractivity contribution in [1.82, 2.24) is 5.32 Å². The van der Waals surface area contributed by atoms with Crippen molar-refractivity contribution in [3.8, 4) is 0 Å². The van der Waals surface area contributed by atoms with Gasteiger partial charge in [0.15, 0.2) is 0 Å². The zero-order chi connectivity index (χ0) is 8.67. The van der Waals surface area contributed by atoms with Gasteiger partial charge in [-0.05, 0) is 19.3 Å². The number of fused-ring (bicyclic) bond motifs is 2. The van der Waals surface area contributed by atoms with Gasteiger partial charge in [0, 0.05) is 19.0 Å². The molecule has 1 N–H and O–H groups in total. The Hall–Kier alpha value is -0.120. The smallest absolute Gasteiger partial charge is 0.0753 e. The average molecular weight is 183 g/mol. The Morgan fingerprint density at radius 1 is 1.15 bits per heavy atom. The minimum Gasteiger partial charge on any atom is -0.375 e. The lowest BCUT2D eigenvalue weighted by Crippen LogP contribution is -2.45. The average Bonchev–Trinajstić information content (AvgIpc) is 2.80. The van der Waals surface area contributed by atoms with E-state index in [2.05, 4.69) is 5.32 Å². The third-order valence-corrected chi connectivity index (χ3v) is 3.59. The van der Waals surface area contributed by atoms with Crippen LogP contribution in [-0.2, 0) is 9.47 Å². The van der Waals surface area contributed by atoms with Gasteiger partial charge < -0.3 is 14.8 Å². The van der Waals surface area contributed by atoms with Crippen LogP contribution in [0.25, 0.3) is 0 Å². The van der Waals surface area contributed by atoms with Crippen LogP contribution in [0.1, 0.15) is 19.3 Å². The van der Waals surface area contributed by atoms with Crippen LogP contribution in [0, 0.1) is 5.92 Å². The van der Waals surface area contributed by atoms with Crippen molar-refractivity contribution in [1.29, 1.82) is 0 Å². The molecule has 2 bridgehead atoms. The predicted molar refractivity (Wildman–Crippen MR) is 48.6 cm³/mol. The van der Waals surface area contributed by atoms with Crippen LogP contribution in [0.4, 0.5) is 0 Å². The van der Waals surface area contributed by atoms with Crippen molar-refractivity contribution in [2.45, 2.75) is 37.6 Å². The summed E-state index contributed by atoms with van der Waals surface area (Å²) in [6.07, 6.45) is 5.26. The lowest BCUT2D eigenvalue weighted by atomic mass is 9.85. The molecule has 0 radical (unpaired) electrons. The third kappa shape index (κ3) is 1.39. The van der Waals surface area contributed by atoms with Crippen molar-refractivity contribution in [2.75, 3.05) is 19.7 Å². The summed E-state index contributed by atoms with van der Waals surface area (Å²) in [5.41, 5.74) is 0. The van der Waals surface area contributed by atoms with Crippen LogP contribution in [-0.4, -0.2) is 38.0 Å². The van der Waals surface area contributed by atoms with E-state index in [1.54, 1.807) is 0 Å². The molecule has 3 heterocycles. The zero-order valence-corrected chi connectivity index (χ0v) is 7.87. The van der Waals surface area contributed by atoms with E-state index in [9.17, 15) is 0 Å². The largest absolute Gasteiger partial charge is 0.375 e. The first kappa shape index (κ1) is 8.21. The molecule has 0 amide bonds. The molecule has 0 aromatic heterocycles. The highest BCUT2D eigenvalue weighted by atomic mass is 16.5. The van der Waals surface area contributed by atoms with E-state index in [1.165, 1.54) is 19.3 Å². The first-order valence-electron chi connectivity index (χ1n) is 5.41. The standard InChI is InChI=1S/C10H17NO2/c1-2-9-8(5-7(1)13-9)10-6-11-3-4-12-10/h7-11H,1-6H2. The molecule has 4 unspecified atom stereocenters. The summed E-state index contributed by atoms with van der Waals surface area (Å²) in [5, 5.41) is 3.39. The minimum atomic E-state index is 0.420. The molecule has 3 saturated heterocycles. The van der Waals surface area contributed by atoms with E-state index in [4.69, 9.17) is 9.47 Å². The maximum absolute atomic E-state index is 5.83. The first-order chi connectivity index (χ1) is 6.43. The molecule has 3 rings (SSSR count). The molecule has 74 valence electrons. The maximum atomic E-state index is 5.83. The maximum Gasteiger partial charge on any atom is 0.0753 e. The molecule has 4 atom stereocenters. The number of ether oxygens (including phenoxy) is 2. The number of nitrogens with one attached hydrogen (secondary N) is 1. The van der Waals surface area contributed by atoms with Gasteiger partial charge in [0.2, 0.25) is 0 Å². The molecule has 0 spiro atoms. The summed E-state index contributed by atoms with van der Waals surface area (Å²) >= 11 is 0. The van der Waals surface area contributed by atoms with Gasteiger partial charge in [0.1, 0.15) is 0 Å². The summed E-state index contributed by atoms with van der Waals surface area (Å²) in [6.45, 7) is 2.91. The van der Waals surface area contributed by atoms with Crippen molar-refractivity contribution in [3.63, 3.8) is 0 Å². The molecule has 3 heteroatoms. The Bertz CT molecular complexity index is 191. The summed E-state index contributed by atoms with van der Waals surface area (Å²) < 4.78 is 11.6. The van der Waals surface area contributed by atoms with E-state index >= 15 is 0 Å². The second-order valence-electron chi connectivity index (χ2n) is 4.39. The van der Waals surface area contributed by atoms with Gasteiger partial charge in [-0.2, -0.15) is 0 Å². The molecule has 0 aromatic rings. The van der Waals surface area contributed by atoms with Crippen LogP contribution in [0.3, 0.4) is 0 Å². The molecule has 3 aliphatic heterocycles. The Morgan fingerprint density at radius 2 is 2.15 bits per heavy atom. The van der Waals surface area contributed by atoms with Gasteiger partial charge in [0.05, 0.1) is 24.9 Å². The van der Waals surface area contributed by atoms with E-state index < -0.39 is 0 Å². The molecule has 0 saturated carbocycles. The number of hydrogen-bond acceptors (Lipinski definition) is 3. The van der Waals surface area contributed by atoms with Crippen LogP contribution in [0.5, 0.6) is 0 Å². The molecule has 3 nitrogen and oxygen atoms in total. The fourth-order valence-corrected chi connectivity index (χ4v) is 2.93. The van der Waals surface area contributed by atoms with Crippen molar-refractivity contribution in [2.24, 2.45) is 5.92 Å². The van der Waals surface area contributed by atoms with Gasteiger partial charge in [-0.1, -0.05) is 0 Å². The Morgan fingerprint density at radius 3 is 2.77 bits per heavy atom. The summed E-state index contributed by atoms with van der Waals surface area (Å²) in [6, 6.07) is 0. The van der Waals surface area contributed by atoms with E-state index in [0.29, 0.717) is 24.2 Å². The Labute approximate surface area is 78.8 Å². The van der Waals surface area contributed by atoms with Crippen molar-refractivity contribution < 1.29 is 9.47 Å². The fraction of sp³-hybridized carbons (Fsp3) is 1.00. The number of rotatable bonds is 1. The summed E-state index contributed by atoms with van der Waals surface area (Å²) in [5.74, 6) is 0.673. The summed E-state index contributed by atoms with van der Waals surface area (Å²) in [4.78, 5) is 0. The SMILES string of the molecule is C1COC(C2CC3CCC2O3)CN1. The zero-order valence-electron chi connectivity index (χ0n) is 7.87. The fourth-order valence-electron chi connectivity index (χ4n) is 2.93. The van der Waals surface area contributed by atoms with Crippen molar-refractivity contribution in [3.05, 3.63) is 0 Å². The van der Waals surface area contributed by atoms with Crippen molar-refractivity contribution >= 4 is 0 Å². The van der Waals surface area contributed by atoms with Crippen LogP contribution < -0.4 is 5.32 Å². The van der Waals surface area contributed by atoms with Crippen LogP contribution in [0.2, 0.25) is 0 Å². The highest BCUT2D eigenvalue weighted by Gasteiger charge is 2.44. The highest BCUT2D eigenvalue weighted by Crippen LogP contribution is 2.41. The topological polar surface area (TPSA) is 30.5 Å². The lowest BCUT2D eigenvalue weighted by molar-refractivity contribution is -0.0299. The Kier molecular flexibility index (Phi) is 2.04. The van der Waals surface area contributed by atoms with E-state index in [1.807, 2.05) is 0 Å². The third-order valence-electron chi connectivity index (χ3n) is 3.59. The predicted octanol–water partition coefficient (Wildman–Crippen LogP) is 0.542. The monoisotopic (exact) mass is 183 g/mol. The lowest BCUT2D eigenvalue weighted by Gasteiger charge is -2.31. The molecule has 3 aliphatic rings. The second kappa shape index (κ2) is 3.23. The van der Waals surface area contributed by atoms with E-state index in [0.717, 1.165) is 19.7 Å². The number of morpholine rings is 1. The number of hydrogen-bond donors (Lipinski definition) is 1. The molecule has 3 fully saturated rings. The van der Waals surface area contributed by atoms with E-state index in [-0.39, 0.29) is 0 Å². The normalized spacial score (nSPS) is 49.8. The highest BCUT2D eigenvalue weighted by molar-refractivity contribution is 4.94. The van der Waals surface area contributed by atoms with Gasteiger partial charge in [0.25, 0.3) is 0 Å². The van der Waals surface area contributed by atoms with Gasteiger partial charge >= 0.3 is 0 Å². The minimum absolute atomic E-state index is 0.420. The second-order valence-corrected chi connectivity index (χ2v) is 4.39. The molecular weight excluding hydrogens is 166 g/mol. The van der Waals surface area contributed by atoms with Crippen LogP contribution >= 0.6 is 0 Å². The summed E-state index contributed by atoms with van der Waals surface area (Å²) in [7, 11) is 0. The molecule has 0 aromatic carbocycles. The molecule has 13 heavy (non-hydrogen) atoms. The molecule has 0 aliphatic carbocycles. The first-order valence-corrected chi connectivity index (χ1v) is 5.41. The Balaban J connectivity index is 1.65. The van der Waals surface area contributed by atoms with Crippen LogP contribution in [0.15, 0.2) is 0 Å². The van der Waals surface area contributed by atoms with Gasteiger partial charge in [-0.15, -0.1) is 0 Å². The van der Waals surface area contributed by atoms with Gasteiger partial charge in [-0.25, -0.2) is 0 Å². The molecular formula is C10H17NO2.